The van der Waals surface area contributed by atoms with Crippen molar-refractivity contribution in [1.29, 1.82) is 0 Å². The molecule has 0 spiro atoms. The normalized spacial score (nSPS) is 10.1. The van der Waals surface area contributed by atoms with E-state index >= 15 is 0 Å². The van der Waals surface area contributed by atoms with E-state index in [2.05, 4.69) is 20.9 Å². The molecule has 0 radical (unpaired) electrons. The molecule has 0 aliphatic carbocycles. The second-order valence-electron chi connectivity index (χ2n) is 2.79. The first kappa shape index (κ1) is 9.27. The van der Waals surface area contributed by atoms with Gasteiger partial charge >= 0.3 is 0 Å². The quantitative estimate of drug-likeness (QED) is 0.822. The van der Waals surface area contributed by atoms with Crippen molar-refractivity contribution >= 4 is 15.9 Å². The number of methoxy groups -OCH3 is 1. The van der Waals surface area contributed by atoms with Crippen molar-refractivity contribution in [3.63, 3.8) is 0 Å². The third kappa shape index (κ3) is 1.65. The van der Waals surface area contributed by atoms with E-state index in [0.717, 1.165) is 15.9 Å². The molecule has 2 rings (SSSR count). The SMILES string of the molecule is COc1ccc(-n2ccnc2)c(Br)c1. The highest BCUT2D eigenvalue weighted by Crippen LogP contribution is 2.25. The summed E-state index contributed by atoms with van der Waals surface area (Å²) >= 11 is 3.48. The smallest absolute Gasteiger partial charge is 0.120 e. The van der Waals surface area contributed by atoms with Crippen LogP contribution in [0.3, 0.4) is 0 Å². The number of hydrogen-bond donors (Lipinski definition) is 0. The van der Waals surface area contributed by atoms with Crippen LogP contribution < -0.4 is 4.74 Å². The van der Waals surface area contributed by atoms with Crippen LogP contribution in [-0.2, 0) is 0 Å². The van der Waals surface area contributed by atoms with E-state index in [-0.39, 0.29) is 0 Å². The van der Waals surface area contributed by atoms with Gasteiger partial charge in [-0.15, -0.1) is 0 Å². The molecule has 0 fully saturated rings. The van der Waals surface area contributed by atoms with Gasteiger partial charge in [-0.25, -0.2) is 4.98 Å². The van der Waals surface area contributed by atoms with Crippen molar-refractivity contribution in [1.82, 2.24) is 9.55 Å². The summed E-state index contributed by atoms with van der Waals surface area (Å²) in [5, 5.41) is 0. The Morgan fingerprint density at radius 3 is 2.86 bits per heavy atom. The summed E-state index contributed by atoms with van der Waals surface area (Å²) < 4.78 is 8.03. The molecule has 1 aromatic carbocycles. The molecule has 14 heavy (non-hydrogen) atoms. The van der Waals surface area contributed by atoms with Gasteiger partial charge in [-0.2, -0.15) is 0 Å². The van der Waals surface area contributed by atoms with E-state index in [9.17, 15) is 0 Å². The molecule has 3 nitrogen and oxygen atoms in total. The molecule has 2 aromatic rings. The molecule has 0 N–H and O–H groups in total. The van der Waals surface area contributed by atoms with Crippen LogP contribution in [0.1, 0.15) is 0 Å². The first-order chi connectivity index (χ1) is 6.81. The predicted molar refractivity (Wildman–Crippen MR) is 57.8 cm³/mol. The second-order valence-corrected chi connectivity index (χ2v) is 3.64. The average molecular weight is 253 g/mol. The van der Waals surface area contributed by atoms with Crippen LogP contribution in [0.15, 0.2) is 41.4 Å². The maximum atomic E-state index is 5.11. The Kier molecular flexibility index (Phi) is 2.54. The van der Waals surface area contributed by atoms with Gasteiger partial charge in [0.1, 0.15) is 5.75 Å². The molecular formula is C10H9BrN2O. The number of imidazole rings is 1. The maximum absolute atomic E-state index is 5.11. The zero-order chi connectivity index (χ0) is 9.97. The third-order valence-electron chi connectivity index (χ3n) is 1.94. The fourth-order valence-corrected chi connectivity index (χ4v) is 1.79. The Morgan fingerprint density at radius 2 is 2.29 bits per heavy atom. The van der Waals surface area contributed by atoms with Crippen LogP contribution in [-0.4, -0.2) is 16.7 Å². The van der Waals surface area contributed by atoms with E-state index in [1.807, 2.05) is 29.0 Å². The number of hydrogen-bond acceptors (Lipinski definition) is 2. The van der Waals surface area contributed by atoms with Gasteiger partial charge in [-0.05, 0) is 34.1 Å². The molecule has 0 unspecified atom stereocenters. The zero-order valence-electron chi connectivity index (χ0n) is 7.64. The first-order valence-corrected chi connectivity index (χ1v) is 4.92. The lowest BCUT2D eigenvalue weighted by molar-refractivity contribution is 0.414. The number of ether oxygens (including phenoxy) is 1. The average Bonchev–Trinajstić information content (AvgIpc) is 2.70. The van der Waals surface area contributed by atoms with Gasteiger partial charge in [0.05, 0.1) is 19.1 Å². The lowest BCUT2D eigenvalue weighted by Gasteiger charge is -2.06. The summed E-state index contributed by atoms with van der Waals surface area (Å²) in [6.45, 7) is 0. The zero-order valence-corrected chi connectivity index (χ0v) is 9.23. The Balaban J connectivity index is 2.46. The molecule has 0 aliphatic rings. The largest absolute Gasteiger partial charge is 0.497 e. The predicted octanol–water partition coefficient (Wildman–Crippen LogP) is 2.64. The molecule has 0 amide bonds. The topological polar surface area (TPSA) is 27.1 Å². The van der Waals surface area contributed by atoms with Crippen LogP contribution >= 0.6 is 15.9 Å². The first-order valence-electron chi connectivity index (χ1n) is 4.13. The number of halogens is 1. The Hall–Kier alpha value is -1.29. The molecule has 0 atom stereocenters. The van der Waals surface area contributed by atoms with Gasteiger partial charge in [-0.3, -0.25) is 0 Å². The van der Waals surface area contributed by atoms with Gasteiger partial charge in [0, 0.05) is 16.9 Å². The second kappa shape index (κ2) is 3.84. The van der Waals surface area contributed by atoms with Crippen LogP contribution in [0, 0.1) is 0 Å². The van der Waals surface area contributed by atoms with Gasteiger partial charge in [-0.1, -0.05) is 0 Å². The standard InChI is InChI=1S/C10H9BrN2O/c1-14-8-2-3-10(9(11)6-8)13-5-4-12-7-13/h2-7H,1H3. The van der Waals surface area contributed by atoms with Crippen molar-refractivity contribution in [3.8, 4) is 11.4 Å². The Morgan fingerprint density at radius 1 is 1.43 bits per heavy atom. The molecule has 0 saturated heterocycles. The van der Waals surface area contributed by atoms with E-state index in [4.69, 9.17) is 4.74 Å². The minimum absolute atomic E-state index is 0.834. The number of benzene rings is 1. The summed E-state index contributed by atoms with van der Waals surface area (Å²) in [6, 6.07) is 5.82. The Labute approximate surface area is 90.5 Å². The van der Waals surface area contributed by atoms with Gasteiger partial charge in [0.2, 0.25) is 0 Å². The molecule has 0 aliphatic heterocycles. The van der Waals surface area contributed by atoms with Crippen molar-refractivity contribution in [3.05, 3.63) is 41.4 Å². The fraction of sp³-hybridized carbons (Fsp3) is 0.100. The molecule has 72 valence electrons. The van der Waals surface area contributed by atoms with Gasteiger partial charge < -0.3 is 9.30 Å². The minimum atomic E-state index is 0.834. The number of nitrogens with zero attached hydrogens (tertiary/aromatic N) is 2. The number of rotatable bonds is 2. The molecule has 1 heterocycles. The highest BCUT2D eigenvalue weighted by atomic mass is 79.9. The van der Waals surface area contributed by atoms with Crippen molar-refractivity contribution < 1.29 is 4.74 Å². The van der Waals surface area contributed by atoms with Crippen molar-refractivity contribution in [2.24, 2.45) is 0 Å². The molecule has 4 heteroatoms. The summed E-state index contributed by atoms with van der Waals surface area (Å²) in [6.07, 6.45) is 5.40. The highest BCUT2D eigenvalue weighted by molar-refractivity contribution is 9.10. The highest BCUT2D eigenvalue weighted by Gasteiger charge is 2.02. The minimum Gasteiger partial charge on any atom is -0.497 e. The van der Waals surface area contributed by atoms with Gasteiger partial charge in [0.15, 0.2) is 0 Å². The van der Waals surface area contributed by atoms with Crippen LogP contribution in [0.5, 0.6) is 5.75 Å². The number of aromatic nitrogens is 2. The summed E-state index contributed by atoms with van der Waals surface area (Å²) in [4.78, 5) is 3.99. The van der Waals surface area contributed by atoms with E-state index in [0.29, 0.717) is 0 Å². The van der Waals surface area contributed by atoms with Gasteiger partial charge in [0.25, 0.3) is 0 Å². The monoisotopic (exact) mass is 252 g/mol. The van der Waals surface area contributed by atoms with E-state index < -0.39 is 0 Å². The van der Waals surface area contributed by atoms with Crippen LogP contribution in [0.25, 0.3) is 5.69 Å². The summed E-state index contributed by atoms with van der Waals surface area (Å²) in [5.74, 6) is 0.834. The molecule has 0 saturated carbocycles. The third-order valence-corrected chi connectivity index (χ3v) is 2.57. The van der Waals surface area contributed by atoms with Crippen molar-refractivity contribution in [2.45, 2.75) is 0 Å². The molecule has 1 aromatic heterocycles. The fourth-order valence-electron chi connectivity index (χ4n) is 1.23. The lowest BCUT2D eigenvalue weighted by atomic mass is 10.3. The maximum Gasteiger partial charge on any atom is 0.120 e. The van der Waals surface area contributed by atoms with E-state index in [1.54, 1.807) is 19.6 Å². The van der Waals surface area contributed by atoms with Crippen molar-refractivity contribution in [2.75, 3.05) is 7.11 Å². The Bertz CT molecular complexity index is 426. The van der Waals surface area contributed by atoms with Crippen LogP contribution in [0.2, 0.25) is 0 Å². The van der Waals surface area contributed by atoms with E-state index in [1.165, 1.54) is 0 Å². The van der Waals surface area contributed by atoms with Crippen LogP contribution in [0.4, 0.5) is 0 Å². The molecular weight excluding hydrogens is 244 g/mol. The summed E-state index contributed by atoms with van der Waals surface area (Å²) in [7, 11) is 1.65. The molecule has 0 bridgehead atoms. The summed E-state index contributed by atoms with van der Waals surface area (Å²) in [5.41, 5.74) is 1.04. The lowest BCUT2D eigenvalue weighted by Crippen LogP contribution is -1.92.